The highest BCUT2D eigenvalue weighted by molar-refractivity contribution is 6.07. The lowest BCUT2D eigenvalue weighted by atomic mass is 10.0. The molecule has 2 aromatic rings. The number of esters is 1. The van der Waals surface area contributed by atoms with E-state index in [2.05, 4.69) is 10.1 Å². The molecule has 0 aromatic heterocycles. The molecule has 2 amide bonds. The highest BCUT2D eigenvalue weighted by Gasteiger charge is 2.34. The number of hydrogen-bond acceptors (Lipinski definition) is 6. The summed E-state index contributed by atoms with van der Waals surface area (Å²) in [5.74, 6) is -1.91. The zero-order valence-electron chi connectivity index (χ0n) is 17.7. The first-order chi connectivity index (χ1) is 14.4. The largest absolute Gasteiger partial charge is 0.467 e. The molecular weight excluding hydrogens is 388 g/mol. The molecule has 160 valence electrons. The molecule has 1 atom stereocenters. The molecule has 0 aliphatic carbocycles. The smallest absolute Gasteiger partial charge is 0.338 e. The molecule has 8 nitrogen and oxygen atoms in total. The monoisotopic (exact) mass is 414 g/mol. The number of rotatable bonds is 8. The van der Waals surface area contributed by atoms with Crippen LogP contribution in [0.4, 0.5) is 0 Å². The fourth-order valence-electron chi connectivity index (χ4n) is 3.02. The number of likely N-dealkylation sites (N-methyl/N-ethyl adjacent to an activating group) is 2. The van der Waals surface area contributed by atoms with Gasteiger partial charge in [0.25, 0.3) is 11.8 Å². The van der Waals surface area contributed by atoms with Crippen LogP contribution in [-0.2, 0) is 23.8 Å². The van der Waals surface area contributed by atoms with Crippen LogP contribution in [0.25, 0.3) is 11.1 Å². The molecule has 0 bridgehead atoms. The molecule has 0 saturated heterocycles. The summed E-state index contributed by atoms with van der Waals surface area (Å²) < 4.78 is 15.1. The van der Waals surface area contributed by atoms with E-state index in [1.807, 2.05) is 24.3 Å². The Bertz CT molecular complexity index is 860. The number of ether oxygens (including phenoxy) is 3. The van der Waals surface area contributed by atoms with Gasteiger partial charge in [-0.3, -0.25) is 9.59 Å². The second-order valence-corrected chi connectivity index (χ2v) is 6.46. The molecule has 2 rings (SSSR count). The Hall–Kier alpha value is -3.23. The van der Waals surface area contributed by atoms with Crippen LogP contribution < -0.4 is 5.32 Å². The minimum Gasteiger partial charge on any atom is -0.467 e. The Morgan fingerprint density at radius 3 is 1.80 bits per heavy atom. The molecule has 0 spiro atoms. The maximum Gasteiger partial charge on any atom is 0.338 e. The van der Waals surface area contributed by atoms with E-state index >= 15 is 0 Å². The van der Waals surface area contributed by atoms with E-state index < -0.39 is 30.1 Å². The molecule has 8 heteroatoms. The Morgan fingerprint density at radius 2 is 1.37 bits per heavy atom. The average molecular weight is 414 g/mol. The van der Waals surface area contributed by atoms with Gasteiger partial charge in [-0.2, -0.15) is 0 Å². The summed E-state index contributed by atoms with van der Waals surface area (Å²) >= 11 is 0. The van der Waals surface area contributed by atoms with Gasteiger partial charge in [-0.05, 0) is 23.3 Å². The zero-order chi connectivity index (χ0) is 22.3. The van der Waals surface area contributed by atoms with Crippen molar-refractivity contribution in [3.05, 3.63) is 59.7 Å². The van der Waals surface area contributed by atoms with Crippen LogP contribution in [0.5, 0.6) is 0 Å². The molecule has 0 aliphatic heterocycles. The Kier molecular flexibility index (Phi) is 8.08. The van der Waals surface area contributed by atoms with Gasteiger partial charge in [0.15, 0.2) is 6.29 Å². The van der Waals surface area contributed by atoms with Gasteiger partial charge in [-0.25, -0.2) is 4.79 Å². The first-order valence-electron chi connectivity index (χ1n) is 9.20. The Labute approximate surface area is 175 Å². The van der Waals surface area contributed by atoms with E-state index in [0.29, 0.717) is 5.56 Å². The van der Waals surface area contributed by atoms with Crippen molar-refractivity contribution in [1.82, 2.24) is 10.2 Å². The van der Waals surface area contributed by atoms with Crippen molar-refractivity contribution in [1.29, 1.82) is 0 Å². The number of methoxy groups -OCH3 is 3. The molecule has 0 heterocycles. The molecule has 0 fully saturated rings. The maximum absolute atomic E-state index is 12.8. The molecule has 1 N–H and O–H groups in total. The summed E-state index contributed by atoms with van der Waals surface area (Å²) in [5.41, 5.74) is 3.09. The predicted octanol–water partition coefficient (Wildman–Crippen LogP) is 2.00. The summed E-state index contributed by atoms with van der Waals surface area (Å²) in [6.45, 7) is 0. The predicted molar refractivity (Wildman–Crippen MR) is 111 cm³/mol. The standard InChI is InChI=1S/C22H26N2O6/c1-23-19(25)18(21(27)28-3)24(2)20(26)16-10-6-14(7-11-16)15-8-12-17(13-9-15)22(29-4)30-5/h6-13,18,22H,1-5H3,(H,23,25). The second-order valence-electron chi connectivity index (χ2n) is 6.46. The highest BCUT2D eigenvalue weighted by atomic mass is 16.7. The van der Waals surface area contributed by atoms with E-state index in [1.165, 1.54) is 14.1 Å². The zero-order valence-corrected chi connectivity index (χ0v) is 17.7. The number of carbonyl (C=O) groups is 3. The van der Waals surface area contributed by atoms with Crippen LogP contribution >= 0.6 is 0 Å². The van der Waals surface area contributed by atoms with Crippen molar-refractivity contribution in [3.63, 3.8) is 0 Å². The van der Waals surface area contributed by atoms with E-state index in [9.17, 15) is 14.4 Å². The van der Waals surface area contributed by atoms with Gasteiger partial charge in [0.05, 0.1) is 7.11 Å². The molecule has 0 saturated carbocycles. The number of benzene rings is 2. The quantitative estimate of drug-likeness (QED) is 0.403. The number of carbonyl (C=O) groups excluding carboxylic acids is 3. The molecule has 30 heavy (non-hydrogen) atoms. The maximum atomic E-state index is 12.8. The lowest BCUT2D eigenvalue weighted by Crippen LogP contribution is -2.51. The number of nitrogens with one attached hydrogen (secondary N) is 1. The normalized spacial score (nSPS) is 11.7. The lowest BCUT2D eigenvalue weighted by Gasteiger charge is -2.24. The summed E-state index contributed by atoms with van der Waals surface area (Å²) in [5, 5.41) is 2.37. The van der Waals surface area contributed by atoms with Crippen LogP contribution in [-0.4, -0.2) is 64.2 Å². The van der Waals surface area contributed by atoms with Gasteiger partial charge in [0.1, 0.15) is 0 Å². The van der Waals surface area contributed by atoms with Gasteiger partial charge in [-0.15, -0.1) is 0 Å². The van der Waals surface area contributed by atoms with Crippen LogP contribution in [0.15, 0.2) is 48.5 Å². The summed E-state index contributed by atoms with van der Waals surface area (Å²) in [4.78, 5) is 37.8. The van der Waals surface area contributed by atoms with E-state index in [4.69, 9.17) is 9.47 Å². The lowest BCUT2D eigenvalue weighted by molar-refractivity contribution is -0.150. The van der Waals surface area contributed by atoms with Crippen LogP contribution in [0.3, 0.4) is 0 Å². The van der Waals surface area contributed by atoms with Gasteiger partial charge < -0.3 is 24.4 Å². The van der Waals surface area contributed by atoms with Crippen LogP contribution in [0, 0.1) is 0 Å². The Morgan fingerprint density at radius 1 is 0.867 bits per heavy atom. The third-order valence-electron chi connectivity index (χ3n) is 4.70. The minimum absolute atomic E-state index is 0.342. The third kappa shape index (κ3) is 5.03. The van der Waals surface area contributed by atoms with Crippen molar-refractivity contribution in [2.45, 2.75) is 12.3 Å². The molecule has 2 aromatic carbocycles. The van der Waals surface area contributed by atoms with Gasteiger partial charge in [0, 0.05) is 39.4 Å². The van der Waals surface area contributed by atoms with E-state index in [1.54, 1.807) is 38.5 Å². The average Bonchev–Trinajstić information content (AvgIpc) is 2.79. The van der Waals surface area contributed by atoms with Gasteiger partial charge >= 0.3 is 5.97 Å². The first-order valence-corrected chi connectivity index (χ1v) is 9.20. The van der Waals surface area contributed by atoms with Crippen LogP contribution in [0.1, 0.15) is 22.2 Å². The van der Waals surface area contributed by atoms with E-state index in [0.717, 1.165) is 28.7 Å². The fourth-order valence-corrected chi connectivity index (χ4v) is 3.02. The highest BCUT2D eigenvalue weighted by Crippen LogP contribution is 2.24. The number of hydrogen-bond donors (Lipinski definition) is 1. The Balaban J connectivity index is 2.21. The first kappa shape index (κ1) is 23.1. The van der Waals surface area contributed by atoms with Crippen molar-refractivity contribution >= 4 is 17.8 Å². The van der Waals surface area contributed by atoms with Crippen molar-refractivity contribution in [2.24, 2.45) is 0 Å². The van der Waals surface area contributed by atoms with Crippen molar-refractivity contribution in [2.75, 3.05) is 35.4 Å². The van der Waals surface area contributed by atoms with Crippen molar-refractivity contribution < 1.29 is 28.6 Å². The second kappa shape index (κ2) is 10.5. The number of amides is 2. The molecule has 0 aliphatic rings. The van der Waals surface area contributed by atoms with Gasteiger partial charge in [0.2, 0.25) is 6.04 Å². The van der Waals surface area contributed by atoms with Crippen LogP contribution in [0.2, 0.25) is 0 Å². The summed E-state index contributed by atoms with van der Waals surface area (Å²) in [7, 11) is 7.08. The SMILES string of the molecule is CNC(=O)C(C(=O)OC)N(C)C(=O)c1ccc(-c2ccc(C(OC)OC)cc2)cc1. The summed E-state index contributed by atoms with van der Waals surface area (Å²) in [6, 6.07) is 13.2. The van der Waals surface area contributed by atoms with E-state index in [-0.39, 0.29) is 0 Å². The number of nitrogens with zero attached hydrogens (tertiary/aromatic N) is 1. The fraction of sp³-hybridized carbons (Fsp3) is 0.318. The molecule has 0 radical (unpaired) electrons. The molecule has 1 unspecified atom stereocenters. The van der Waals surface area contributed by atoms with Gasteiger partial charge in [-0.1, -0.05) is 36.4 Å². The topological polar surface area (TPSA) is 94.2 Å². The summed E-state index contributed by atoms with van der Waals surface area (Å²) in [6.07, 6.45) is -0.433. The van der Waals surface area contributed by atoms with Crippen molar-refractivity contribution in [3.8, 4) is 11.1 Å². The minimum atomic E-state index is -1.37. The molecular formula is C22H26N2O6. The third-order valence-corrected chi connectivity index (χ3v) is 4.70.